The molecule has 5 rings (SSSR count). The lowest BCUT2D eigenvalue weighted by atomic mass is 9.73. The molecule has 1 aliphatic heterocycles. The number of amides is 3. The van der Waals surface area contributed by atoms with E-state index in [4.69, 9.17) is 5.73 Å². The molecule has 3 saturated carbocycles. The summed E-state index contributed by atoms with van der Waals surface area (Å²) in [6.07, 6.45) is 11.1. The summed E-state index contributed by atoms with van der Waals surface area (Å²) in [4.78, 5) is 90.9. The number of hydrogen-bond acceptors (Lipinski definition) is 8. The van der Waals surface area contributed by atoms with Gasteiger partial charge in [-0.15, -0.1) is 0 Å². The summed E-state index contributed by atoms with van der Waals surface area (Å²) in [5.41, 5.74) is 4.64. The Morgan fingerprint density at radius 2 is 1.67 bits per heavy atom. The third kappa shape index (κ3) is 6.47. The third-order valence-corrected chi connectivity index (χ3v) is 13.2. The fourth-order valence-corrected chi connectivity index (χ4v) is 9.65. The van der Waals surface area contributed by atoms with Crippen LogP contribution in [0.2, 0.25) is 0 Å². The first-order chi connectivity index (χ1) is 22.9. The number of rotatable bonds is 14. The number of fused-ring (bicyclic) bond motifs is 1. The molecule has 4 fully saturated rings. The van der Waals surface area contributed by atoms with Gasteiger partial charge in [0.15, 0.2) is 11.6 Å². The van der Waals surface area contributed by atoms with Gasteiger partial charge in [0.25, 0.3) is 11.8 Å². The Balaban J connectivity index is 1.42. The molecule has 5 atom stereocenters. The fourth-order valence-electron chi connectivity index (χ4n) is 9.65. The van der Waals surface area contributed by atoms with Crippen LogP contribution in [0.1, 0.15) is 123 Å². The van der Waals surface area contributed by atoms with Crippen LogP contribution in [0.25, 0.3) is 0 Å². The number of carbonyl (C=O) groups excluding carboxylic acids is 6. The summed E-state index contributed by atoms with van der Waals surface area (Å²) >= 11 is 0. The van der Waals surface area contributed by atoms with Gasteiger partial charge < -0.3 is 16.0 Å². The van der Waals surface area contributed by atoms with E-state index >= 15 is 0 Å². The first-order valence-electron chi connectivity index (χ1n) is 18.1. The van der Waals surface area contributed by atoms with Crippen LogP contribution in [0.3, 0.4) is 0 Å². The van der Waals surface area contributed by atoms with Gasteiger partial charge in [-0.05, 0) is 53.8 Å². The Morgan fingerprint density at radius 3 is 2.14 bits per heavy atom. The molecule has 1 unspecified atom stereocenters. The number of ketones is 3. The summed E-state index contributed by atoms with van der Waals surface area (Å²) in [5, 5.41) is 2.81. The van der Waals surface area contributed by atoms with Gasteiger partial charge in [0.05, 0.1) is 18.3 Å². The van der Waals surface area contributed by atoms with Crippen molar-refractivity contribution in [3.8, 4) is 0 Å². The number of hydrogen-bond donors (Lipinski definition) is 2. The number of carbonyl (C=O) groups is 6. The van der Waals surface area contributed by atoms with E-state index in [1.807, 2.05) is 34.6 Å². The minimum Gasteiger partial charge on any atom is -0.363 e. The van der Waals surface area contributed by atoms with E-state index in [0.29, 0.717) is 19.4 Å². The van der Waals surface area contributed by atoms with Crippen molar-refractivity contribution < 1.29 is 28.8 Å². The molecule has 0 radical (unpaired) electrons. The van der Waals surface area contributed by atoms with Crippen LogP contribution in [0, 0.1) is 45.3 Å². The average molecular weight is 678 g/mol. The molecule has 268 valence electrons. The van der Waals surface area contributed by atoms with Crippen molar-refractivity contribution >= 4 is 35.1 Å². The smallest absolute Gasteiger partial charge is 0.285 e. The van der Waals surface area contributed by atoms with Gasteiger partial charge in [-0.1, -0.05) is 74.1 Å². The van der Waals surface area contributed by atoms with Gasteiger partial charge in [0.1, 0.15) is 5.69 Å². The molecule has 3 aliphatic carbocycles. The molecule has 11 nitrogen and oxygen atoms in total. The van der Waals surface area contributed by atoms with Crippen molar-refractivity contribution in [2.45, 2.75) is 125 Å². The molecule has 2 heterocycles. The number of nitrogens with zero attached hydrogens (tertiary/aromatic N) is 3. The zero-order valence-electron chi connectivity index (χ0n) is 30.3. The first-order valence-corrected chi connectivity index (χ1v) is 18.1. The predicted molar refractivity (Wildman–Crippen MR) is 183 cm³/mol. The molecular weight excluding hydrogens is 622 g/mol. The van der Waals surface area contributed by atoms with Crippen LogP contribution in [-0.4, -0.2) is 68.6 Å². The molecule has 11 heteroatoms. The van der Waals surface area contributed by atoms with Crippen molar-refractivity contribution in [3.63, 3.8) is 0 Å². The number of nitrogens with one attached hydrogen (secondary N) is 1. The lowest BCUT2D eigenvalue weighted by molar-refractivity contribution is -0.147. The molecule has 1 aromatic rings. The Kier molecular flexibility index (Phi) is 10.00. The number of likely N-dealkylation sites (tertiary alicyclic amines) is 1. The van der Waals surface area contributed by atoms with Gasteiger partial charge in [-0.2, -0.15) is 0 Å². The maximum atomic E-state index is 14.9. The third-order valence-electron chi connectivity index (χ3n) is 13.2. The Bertz CT molecular complexity index is 1490. The van der Waals surface area contributed by atoms with E-state index in [1.165, 1.54) is 18.6 Å². The molecule has 0 bridgehead atoms. The van der Waals surface area contributed by atoms with Crippen LogP contribution in [0.5, 0.6) is 0 Å². The van der Waals surface area contributed by atoms with Crippen molar-refractivity contribution in [1.82, 2.24) is 20.2 Å². The van der Waals surface area contributed by atoms with Crippen molar-refractivity contribution in [1.29, 1.82) is 0 Å². The second-order valence-electron chi connectivity index (χ2n) is 17.3. The number of Topliss-reactive ketones (excluding diaryl/α,β-unsaturated/α-hetero) is 3. The second-order valence-corrected chi connectivity index (χ2v) is 17.3. The summed E-state index contributed by atoms with van der Waals surface area (Å²) < 4.78 is 0. The molecule has 1 saturated heterocycles. The summed E-state index contributed by atoms with van der Waals surface area (Å²) in [6.45, 7) is 14.4. The monoisotopic (exact) mass is 677 g/mol. The first kappa shape index (κ1) is 36.8. The predicted octanol–water partition coefficient (Wildman–Crippen LogP) is 4.47. The molecule has 3 amide bonds. The fraction of sp³-hybridized carbons (Fsp3) is 0.737. The van der Waals surface area contributed by atoms with Gasteiger partial charge in [-0.3, -0.25) is 33.8 Å². The van der Waals surface area contributed by atoms with E-state index in [9.17, 15) is 28.8 Å². The van der Waals surface area contributed by atoms with Crippen LogP contribution in [0.4, 0.5) is 0 Å². The minimum absolute atomic E-state index is 0.0579. The summed E-state index contributed by atoms with van der Waals surface area (Å²) in [7, 11) is 0. The highest BCUT2D eigenvalue weighted by Crippen LogP contribution is 2.88. The number of nitrogens with two attached hydrogens (primary N) is 1. The molecule has 0 aromatic carbocycles. The van der Waals surface area contributed by atoms with E-state index in [0.717, 1.165) is 38.5 Å². The molecule has 1 aromatic heterocycles. The molecule has 3 N–H and O–H groups in total. The molecule has 2 spiro atoms. The van der Waals surface area contributed by atoms with Gasteiger partial charge in [0, 0.05) is 49.0 Å². The summed E-state index contributed by atoms with van der Waals surface area (Å²) in [5.74, 6) is -4.53. The van der Waals surface area contributed by atoms with Gasteiger partial charge >= 0.3 is 0 Å². The lowest BCUT2D eigenvalue weighted by Gasteiger charge is -2.36. The average Bonchev–Trinajstić information content (AvgIpc) is 3.21. The molecule has 49 heavy (non-hydrogen) atoms. The number of aromatic nitrogens is 2. The number of primary amides is 1. The van der Waals surface area contributed by atoms with Crippen LogP contribution in [-0.2, 0) is 24.0 Å². The van der Waals surface area contributed by atoms with E-state index in [-0.39, 0.29) is 64.1 Å². The van der Waals surface area contributed by atoms with Crippen molar-refractivity contribution in [2.75, 3.05) is 6.54 Å². The maximum absolute atomic E-state index is 14.9. The van der Waals surface area contributed by atoms with Crippen LogP contribution >= 0.6 is 0 Å². The van der Waals surface area contributed by atoms with Crippen LogP contribution in [0.15, 0.2) is 18.6 Å². The summed E-state index contributed by atoms with van der Waals surface area (Å²) in [6, 6.07) is -1.62. The van der Waals surface area contributed by atoms with E-state index < -0.39 is 46.9 Å². The molecule has 4 aliphatic rings. The molecular formula is C38H55N5O6. The topological polar surface area (TPSA) is 169 Å². The van der Waals surface area contributed by atoms with E-state index in [1.54, 1.807) is 4.90 Å². The Morgan fingerprint density at radius 1 is 1.00 bits per heavy atom. The maximum Gasteiger partial charge on any atom is 0.285 e. The van der Waals surface area contributed by atoms with Gasteiger partial charge in [-0.25, -0.2) is 4.98 Å². The Labute approximate surface area is 290 Å². The second kappa shape index (κ2) is 13.3. The zero-order valence-corrected chi connectivity index (χ0v) is 30.3. The van der Waals surface area contributed by atoms with E-state index in [2.05, 4.69) is 29.1 Å². The highest BCUT2D eigenvalue weighted by atomic mass is 16.2. The van der Waals surface area contributed by atoms with Crippen molar-refractivity contribution in [3.05, 3.63) is 24.3 Å². The zero-order chi connectivity index (χ0) is 36.1. The normalized spacial score (nSPS) is 25.6. The Hall–Kier alpha value is -3.50. The highest BCUT2D eigenvalue weighted by molar-refractivity contribution is 6.36. The van der Waals surface area contributed by atoms with Crippen molar-refractivity contribution in [2.24, 2.45) is 51.1 Å². The van der Waals surface area contributed by atoms with Gasteiger partial charge in [0.2, 0.25) is 11.7 Å². The lowest BCUT2D eigenvalue weighted by Crippen LogP contribution is -2.50. The largest absolute Gasteiger partial charge is 0.363 e. The SMILES string of the molecule is CC(C)[C@H](NC(=O)c1cnccn1)C(=O)C[C@H](C(=O)N1C[C@]2(C[C@H]1C(=O)CC(CC1CCC1)C(=O)C(N)=O)C(C)(C)C21CCC1)C(C)(C)C. The highest BCUT2D eigenvalue weighted by Gasteiger charge is 2.85. The standard InChI is InChI=1S/C38H55N5O6/c1-22(2)30(42-33(48)26-20-40-14-15-41-26)29(45)18-25(35(3,4)5)34(49)43-21-38(36(6,7)37(38)12-9-13-37)19-27(43)28(44)17-24(31(46)32(39)47)16-23-10-8-11-23/h14-15,20,22-25,27,30H,8-13,16-19,21H2,1-7H3,(H2,39,47)(H,42,48)/t24?,25-,27+,30+,38-/m1/s1. The van der Waals surface area contributed by atoms with Crippen LogP contribution < -0.4 is 11.1 Å². The minimum atomic E-state index is -1.03. The quantitative estimate of drug-likeness (QED) is 0.272.